The zero-order chi connectivity index (χ0) is 11.1. The molecule has 0 bridgehead atoms. The molecule has 0 saturated heterocycles. The monoisotopic (exact) mass is 285 g/mol. The highest BCUT2D eigenvalue weighted by atomic mass is 79.9. The predicted octanol–water partition coefficient (Wildman–Crippen LogP) is 2.40. The number of nitrogens with zero attached hydrogens (tertiary/aromatic N) is 1. The third kappa shape index (κ3) is 2.03. The SMILES string of the molecule is CS(=O)(=O)c1cc(Br)c2ncccc2c1. The van der Waals surface area contributed by atoms with Crippen molar-refractivity contribution in [1.29, 1.82) is 0 Å². The molecule has 0 spiro atoms. The number of aromatic nitrogens is 1. The summed E-state index contributed by atoms with van der Waals surface area (Å²) in [6.45, 7) is 0. The molecule has 0 atom stereocenters. The molecule has 78 valence electrons. The van der Waals surface area contributed by atoms with E-state index in [-0.39, 0.29) is 0 Å². The summed E-state index contributed by atoms with van der Waals surface area (Å²) in [5.74, 6) is 0. The molecule has 0 radical (unpaired) electrons. The van der Waals surface area contributed by atoms with Gasteiger partial charge in [-0.25, -0.2) is 8.42 Å². The first-order chi connectivity index (χ1) is 6.98. The topological polar surface area (TPSA) is 47.0 Å². The van der Waals surface area contributed by atoms with Crippen LogP contribution >= 0.6 is 15.9 Å². The van der Waals surface area contributed by atoms with Crippen molar-refractivity contribution in [3.8, 4) is 0 Å². The van der Waals surface area contributed by atoms with Crippen LogP contribution in [0, 0.1) is 0 Å². The first-order valence-electron chi connectivity index (χ1n) is 4.23. The minimum atomic E-state index is -3.17. The molecule has 0 aliphatic heterocycles. The van der Waals surface area contributed by atoms with E-state index >= 15 is 0 Å². The zero-order valence-electron chi connectivity index (χ0n) is 7.94. The fraction of sp³-hybridized carbons (Fsp3) is 0.100. The van der Waals surface area contributed by atoms with Gasteiger partial charge in [-0.15, -0.1) is 0 Å². The van der Waals surface area contributed by atoms with Crippen LogP contribution in [-0.4, -0.2) is 19.7 Å². The predicted molar refractivity (Wildman–Crippen MR) is 62.6 cm³/mol. The lowest BCUT2D eigenvalue weighted by Crippen LogP contribution is -1.97. The summed E-state index contributed by atoms with van der Waals surface area (Å²) in [6.07, 6.45) is 2.87. The molecule has 0 unspecified atom stereocenters. The normalized spacial score (nSPS) is 11.9. The van der Waals surface area contributed by atoms with E-state index in [0.717, 1.165) is 10.9 Å². The van der Waals surface area contributed by atoms with E-state index in [1.54, 1.807) is 24.4 Å². The fourth-order valence-electron chi connectivity index (χ4n) is 1.34. The maximum atomic E-state index is 11.4. The van der Waals surface area contributed by atoms with Gasteiger partial charge in [0.2, 0.25) is 0 Å². The van der Waals surface area contributed by atoms with Gasteiger partial charge in [0.1, 0.15) is 0 Å². The van der Waals surface area contributed by atoms with Crippen LogP contribution in [0.2, 0.25) is 0 Å². The van der Waals surface area contributed by atoms with Crippen molar-refractivity contribution < 1.29 is 8.42 Å². The van der Waals surface area contributed by atoms with E-state index in [1.165, 1.54) is 6.26 Å². The van der Waals surface area contributed by atoms with Crippen molar-refractivity contribution in [2.24, 2.45) is 0 Å². The van der Waals surface area contributed by atoms with Gasteiger partial charge in [-0.1, -0.05) is 6.07 Å². The van der Waals surface area contributed by atoms with Crippen LogP contribution in [-0.2, 0) is 9.84 Å². The van der Waals surface area contributed by atoms with Crippen molar-refractivity contribution in [3.05, 3.63) is 34.9 Å². The van der Waals surface area contributed by atoms with Gasteiger partial charge in [-0.3, -0.25) is 4.98 Å². The Kier molecular flexibility index (Phi) is 2.52. The molecule has 1 heterocycles. The first-order valence-corrected chi connectivity index (χ1v) is 6.91. The number of hydrogen-bond donors (Lipinski definition) is 0. The van der Waals surface area contributed by atoms with Crippen molar-refractivity contribution in [3.63, 3.8) is 0 Å². The number of rotatable bonds is 1. The zero-order valence-corrected chi connectivity index (χ0v) is 10.3. The van der Waals surface area contributed by atoms with E-state index in [0.29, 0.717) is 9.37 Å². The maximum absolute atomic E-state index is 11.4. The minimum Gasteiger partial charge on any atom is -0.255 e. The van der Waals surface area contributed by atoms with Gasteiger partial charge < -0.3 is 0 Å². The third-order valence-electron chi connectivity index (χ3n) is 2.06. The lowest BCUT2D eigenvalue weighted by atomic mass is 10.2. The van der Waals surface area contributed by atoms with Crippen molar-refractivity contribution >= 4 is 36.7 Å². The number of fused-ring (bicyclic) bond motifs is 1. The molecular formula is C10H8BrNO2S. The molecule has 2 aromatic rings. The van der Waals surface area contributed by atoms with E-state index in [1.807, 2.05) is 6.07 Å². The Balaban J connectivity index is 2.85. The highest BCUT2D eigenvalue weighted by molar-refractivity contribution is 9.10. The Labute approximate surface area is 96.2 Å². The standard InChI is InChI=1S/C10H8BrNO2S/c1-15(13,14)8-5-7-3-2-4-12-10(7)9(11)6-8/h2-6H,1H3. The molecular weight excluding hydrogens is 278 g/mol. The molecule has 1 aromatic carbocycles. The molecule has 0 aliphatic rings. The summed E-state index contributed by atoms with van der Waals surface area (Å²) < 4.78 is 23.5. The summed E-state index contributed by atoms with van der Waals surface area (Å²) in [5.41, 5.74) is 0.768. The molecule has 0 saturated carbocycles. The summed E-state index contributed by atoms with van der Waals surface area (Å²) in [5, 5.41) is 0.812. The van der Waals surface area contributed by atoms with Crippen LogP contribution in [0.15, 0.2) is 39.8 Å². The first kappa shape index (κ1) is 10.6. The van der Waals surface area contributed by atoms with Crippen molar-refractivity contribution in [1.82, 2.24) is 4.98 Å². The quantitative estimate of drug-likeness (QED) is 0.808. The second-order valence-corrected chi connectivity index (χ2v) is 6.12. The molecule has 1 aromatic heterocycles. The molecule has 0 amide bonds. The molecule has 0 aliphatic carbocycles. The largest absolute Gasteiger partial charge is 0.255 e. The summed E-state index contributed by atoms with van der Waals surface area (Å²) >= 11 is 3.31. The van der Waals surface area contributed by atoms with Gasteiger partial charge in [-0.2, -0.15) is 0 Å². The third-order valence-corrected chi connectivity index (χ3v) is 3.76. The van der Waals surface area contributed by atoms with Gasteiger partial charge in [0.15, 0.2) is 9.84 Å². The van der Waals surface area contributed by atoms with Crippen LogP contribution < -0.4 is 0 Å². The average molecular weight is 286 g/mol. The molecule has 0 N–H and O–H groups in total. The second kappa shape index (κ2) is 3.57. The molecule has 15 heavy (non-hydrogen) atoms. The highest BCUT2D eigenvalue weighted by Crippen LogP contribution is 2.25. The number of pyridine rings is 1. The van der Waals surface area contributed by atoms with Crippen LogP contribution in [0.4, 0.5) is 0 Å². The maximum Gasteiger partial charge on any atom is 0.175 e. The molecule has 5 heteroatoms. The number of halogens is 1. The van der Waals surface area contributed by atoms with Crippen LogP contribution in [0.25, 0.3) is 10.9 Å². The van der Waals surface area contributed by atoms with Crippen molar-refractivity contribution in [2.45, 2.75) is 4.90 Å². The van der Waals surface area contributed by atoms with Crippen molar-refractivity contribution in [2.75, 3.05) is 6.26 Å². The van der Waals surface area contributed by atoms with Gasteiger partial charge >= 0.3 is 0 Å². The Morgan fingerprint density at radius 3 is 2.73 bits per heavy atom. The van der Waals surface area contributed by atoms with Gasteiger partial charge in [0.25, 0.3) is 0 Å². The van der Waals surface area contributed by atoms with Crippen LogP contribution in [0.1, 0.15) is 0 Å². The lowest BCUT2D eigenvalue weighted by molar-refractivity contribution is 0.602. The summed E-state index contributed by atoms with van der Waals surface area (Å²) in [4.78, 5) is 4.46. The fourth-order valence-corrected chi connectivity index (χ4v) is 2.74. The summed E-state index contributed by atoms with van der Waals surface area (Å²) in [7, 11) is -3.17. The molecule has 3 nitrogen and oxygen atoms in total. The van der Waals surface area contributed by atoms with Crippen LogP contribution in [0.3, 0.4) is 0 Å². The van der Waals surface area contributed by atoms with E-state index in [4.69, 9.17) is 0 Å². The second-order valence-electron chi connectivity index (χ2n) is 3.25. The van der Waals surface area contributed by atoms with E-state index < -0.39 is 9.84 Å². The Hall–Kier alpha value is -0.940. The highest BCUT2D eigenvalue weighted by Gasteiger charge is 2.10. The molecule has 2 rings (SSSR count). The van der Waals surface area contributed by atoms with Gasteiger partial charge in [-0.05, 0) is 34.1 Å². The average Bonchev–Trinajstić information content (AvgIpc) is 2.16. The molecule has 0 fully saturated rings. The smallest absolute Gasteiger partial charge is 0.175 e. The number of benzene rings is 1. The lowest BCUT2D eigenvalue weighted by Gasteiger charge is -2.03. The van der Waals surface area contributed by atoms with E-state index in [9.17, 15) is 8.42 Å². The number of sulfone groups is 1. The van der Waals surface area contributed by atoms with Gasteiger partial charge in [0.05, 0.1) is 10.4 Å². The van der Waals surface area contributed by atoms with Gasteiger partial charge in [0, 0.05) is 22.3 Å². The Bertz CT molecular complexity index is 622. The van der Waals surface area contributed by atoms with Crippen LogP contribution in [0.5, 0.6) is 0 Å². The van der Waals surface area contributed by atoms with E-state index in [2.05, 4.69) is 20.9 Å². The Morgan fingerprint density at radius 1 is 1.33 bits per heavy atom. The summed E-state index contributed by atoms with van der Waals surface area (Å²) in [6, 6.07) is 6.82. The number of hydrogen-bond acceptors (Lipinski definition) is 3. The minimum absolute atomic E-state index is 0.301. The Morgan fingerprint density at radius 2 is 2.07 bits per heavy atom.